The van der Waals surface area contributed by atoms with Gasteiger partial charge in [0, 0.05) is 19.3 Å². The van der Waals surface area contributed by atoms with Crippen LogP contribution < -0.4 is 10.1 Å². The van der Waals surface area contributed by atoms with Gasteiger partial charge >= 0.3 is 0 Å². The van der Waals surface area contributed by atoms with Crippen LogP contribution in [0.3, 0.4) is 0 Å². The highest BCUT2D eigenvalue weighted by atomic mass is 32.2. The van der Waals surface area contributed by atoms with Crippen molar-refractivity contribution in [2.45, 2.75) is 9.79 Å². The minimum Gasteiger partial charge on any atom is -0.495 e. The van der Waals surface area contributed by atoms with Gasteiger partial charge in [0.1, 0.15) is 10.6 Å². The Kier molecular flexibility index (Phi) is 4.16. The molecule has 128 valence electrons. The molecule has 0 aliphatic carbocycles. The van der Waals surface area contributed by atoms with E-state index in [1.807, 2.05) is 0 Å². The Hall–Kier alpha value is -1.16. The number of rotatable bonds is 4. The molecular weight excluding hydrogens is 340 g/mol. The van der Waals surface area contributed by atoms with Gasteiger partial charge in [-0.25, -0.2) is 16.8 Å². The molecule has 7 nitrogen and oxygen atoms in total. The Bertz CT molecular complexity index is 808. The van der Waals surface area contributed by atoms with E-state index in [-0.39, 0.29) is 15.5 Å². The van der Waals surface area contributed by atoms with E-state index in [0.29, 0.717) is 24.9 Å². The van der Waals surface area contributed by atoms with Gasteiger partial charge in [-0.2, -0.15) is 4.31 Å². The van der Waals surface area contributed by atoms with E-state index in [1.165, 1.54) is 29.6 Å². The molecule has 23 heavy (non-hydrogen) atoms. The molecule has 1 aromatic rings. The monoisotopic (exact) mass is 360 g/mol. The third-order valence-corrected chi connectivity index (χ3v) is 7.50. The summed E-state index contributed by atoms with van der Waals surface area (Å²) < 4.78 is 56.0. The Balaban J connectivity index is 2.02. The molecule has 2 fully saturated rings. The van der Waals surface area contributed by atoms with Crippen molar-refractivity contribution < 1.29 is 21.6 Å². The Morgan fingerprint density at radius 3 is 2.26 bits per heavy atom. The number of hydrogen-bond acceptors (Lipinski definition) is 6. The quantitative estimate of drug-likeness (QED) is 0.809. The largest absolute Gasteiger partial charge is 0.495 e. The highest BCUT2D eigenvalue weighted by Crippen LogP contribution is 2.34. The minimum atomic E-state index is -3.79. The van der Waals surface area contributed by atoms with Crippen LogP contribution in [0.25, 0.3) is 0 Å². The van der Waals surface area contributed by atoms with Crippen molar-refractivity contribution in [2.75, 3.05) is 39.5 Å². The number of nitrogens with one attached hydrogen (secondary N) is 1. The van der Waals surface area contributed by atoms with Crippen LogP contribution in [0.2, 0.25) is 0 Å². The predicted molar refractivity (Wildman–Crippen MR) is 84.7 cm³/mol. The molecule has 3 rings (SSSR count). The lowest BCUT2D eigenvalue weighted by Crippen LogP contribution is -2.32. The zero-order chi connectivity index (χ0) is 16.8. The van der Waals surface area contributed by atoms with E-state index in [2.05, 4.69) is 5.32 Å². The van der Waals surface area contributed by atoms with Crippen molar-refractivity contribution in [1.29, 1.82) is 0 Å². The SMILES string of the molecule is COc1ccc(S(C)(=O)=O)cc1S(=O)(=O)N1C[C@H]2CNC[C@H]2C1. The maximum Gasteiger partial charge on any atom is 0.246 e. The van der Waals surface area contributed by atoms with Gasteiger partial charge in [-0.05, 0) is 43.1 Å². The number of hydrogen-bond donors (Lipinski definition) is 1. The van der Waals surface area contributed by atoms with E-state index < -0.39 is 19.9 Å². The molecule has 2 aliphatic heterocycles. The first-order chi connectivity index (χ1) is 10.7. The molecule has 0 radical (unpaired) electrons. The van der Waals surface area contributed by atoms with Crippen LogP contribution >= 0.6 is 0 Å². The molecule has 0 amide bonds. The van der Waals surface area contributed by atoms with Crippen molar-refractivity contribution in [1.82, 2.24) is 9.62 Å². The first-order valence-corrected chi connectivity index (χ1v) is 10.7. The summed E-state index contributed by atoms with van der Waals surface area (Å²) in [6.07, 6.45) is 1.05. The average molecular weight is 360 g/mol. The first-order valence-electron chi connectivity index (χ1n) is 7.32. The van der Waals surface area contributed by atoms with E-state index >= 15 is 0 Å². The number of sulfonamides is 1. The van der Waals surface area contributed by atoms with Crippen LogP contribution in [-0.2, 0) is 19.9 Å². The van der Waals surface area contributed by atoms with Crippen LogP contribution in [0.4, 0.5) is 0 Å². The Morgan fingerprint density at radius 1 is 1.13 bits per heavy atom. The third-order valence-electron chi connectivity index (χ3n) is 4.54. The van der Waals surface area contributed by atoms with Crippen molar-refractivity contribution >= 4 is 19.9 Å². The second kappa shape index (κ2) is 5.73. The number of benzene rings is 1. The summed E-state index contributed by atoms with van der Waals surface area (Å²) in [6, 6.07) is 3.94. The van der Waals surface area contributed by atoms with E-state index in [0.717, 1.165) is 19.3 Å². The van der Waals surface area contributed by atoms with Crippen molar-refractivity contribution in [2.24, 2.45) is 11.8 Å². The van der Waals surface area contributed by atoms with Crippen LogP contribution in [0.1, 0.15) is 0 Å². The molecule has 0 saturated carbocycles. The van der Waals surface area contributed by atoms with Crippen molar-refractivity contribution in [3.63, 3.8) is 0 Å². The van der Waals surface area contributed by atoms with Crippen LogP contribution in [0, 0.1) is 11.8 Å². The Labute approximate surface area is 136 Å². The molecule has 9 heteroatoms. The normalized spacial score (nSPS) is 25.5. The molecule has 1 N–H and O–H groups in total. The third kappa shape index (κ3) is 2.98. The van der Waals surface area contributed by atoms with E-state index in [4.69, 9.17) is 4.74 Å². The van der Waals surface area contributed by atoms with Gasteiger partial charge in [0.05, 0.1) is 12.0 Å². The summed E-state index contributed by atoms with van der Waals surface area (Å²) in [5.41, 5.74) is 0. The van der Waals surface area contributed by atoms with Gasteiger partial charge < -0.3 is 10.1 Å². The fourth-order valence-electron chi connectivity index (χ4n) is 3.24. The van der Waals surface area contributed by atoms with E-state index in [1.54, 1.807) is 0 Å². The van der Waals surface area contributed by atoms with E-state index in [9.17, 15) is 16.8 Å². The molecule has 0 aromatic heterocycles. The van der Waals surface area contributed by atoms with Crippen molar-refractivity contribution in [3.05, 3.63) is 18.2 Å². The van der Waals surface area contributed by atoms with Gasteiger partial charge in [-0.3, -0.25) is 0 Å². The Morgan fingerprint density at radius 2 is 1.74 bits per heavy atom. The molecule has 1 aromatic carbocycles. The van der Waals surface area contributed by atoms with Crippen LogP contribution in [0.15, 0.2) is 28.0 Å². The maximum absolute atomic E-state index is 13.0. The van der Waals surface area contributed by atoms with Gasteiger partial charge in [0.25, 0.3) is 0 Å². The van der Waals surface area contributed by atoms with Gasteiger partial charge in [-0.1, -0.05) is 0 Å². The molecular formula is C14H20N2O5S2. The summed E-state index contributed by atoms with van der Waals surface area (Å²) in [5.74, 6) is 0.787. The molecule has 0 bridgehead atoms. The minimum absolute atomic E-state index is 0.0297. The predicted octanol–water partition coefficient (Wildman–Crippen LogP) is -0.0614. The fraction of sp³-hybridized carbons (Fsp3) is 0.571. The number of ether oxygens (including phenoxy) is 1. The van der Waals surface area contributed by atoms with Crippen LogP contribution in [-0.4, -0.2) is 60.7 Å². The fourth-order valence-corrected chi connectivity index (χ4v) is 5.69. The van der Waals surface area contributed by atoms with Crippen LogP contribution in [0.5, 0.6) is 5.75 Å². The standard InChI is InChI=1S/C14H20N2O5S2/c1-21-13-4-3-12(22(2,17)18)5-14(13)23(19,20)16-8-10-6-15-7-11(10)9-16/h3-5,10-11,15H,6-9H2,1-2H3/t10-,11+. The molecule has 0 spiro atoms. The van der Waals surface area contributed by atoms with Gasteiger partial charge in [0.2, 0.25) is 10.0 Å². The zero-order valence-electron chi connectivity index (χ0n) is 13.0. The lowest BCUT2D eigenvalue weighted by molar-refractivity contribution is 0.395. The molecule has 0 unspecified atom stereocenters. The highest BCUT2D eigenvalue weighted by molar-refractivity contribution is 7.91. The first kappa shape index (κ1) is 16.7. The summed E-state index contributed by atoms with van der Waals surface area (Å²) in [7, 11) is -5.92. The zero-order valence-corrected chi connectivity index (χ0v) is 14.7. The topological polar surface area (TPSA) is 92.8 Å². The summed E-state index contributed by atoms with van der Waals surface area (Å²) in [4.78, 5) is -0.117. The number of fused-ring (bicyclic) bond motifs is 1. The average Bonchev–Trinajstić information content (AvgIpc) is 3.07. The van der Waals surface area contributed by atoms with Crippen molar-refractivity contribution in [3.8, 4) is 5.75 Å². The molecule has 2 heterocycles. The number of methoxy groups -OCH3 is 1. The second-order valence-corrected chi connectivity index (χ2v) is 10.0. The molecule has 2 saturated heterocycles. The number of sulfone groups is 1. The highest BCUT2D eigenvalue weighted by Gasteiger charge is 2.42. The van der Waals surface area contributed by atoms with Gasteiger partial charge in [-0.15, -0.1) is 0 Å². The second-order valence-electron chi connectivity index (χ2n) is 6.09. The summed E-state index contributed by atoms with van der Waals surface area (Å²) >= 11 is 0. The summed E-state index contributed by atoms with van der Waals surface area (Å²) in [5, 5.41) is 3.26. The molecule has 2 aliphatic rings. The lowest BCUT2D eigenvalue weighted by atomic mass is 10.0. The lowest BCUT2D eigenvalue weighted by Gasteiger charge is -2.19. The van der Waals surface area contributed by atoms with Gasteiger partial charge in [0.15, 0.2) is 9.84 Å². The maximum atomic E-state index is 13.0. The molecule has 2 atom stereocenters. The number of nitrogens with zero attached hydrogens (tertiary/aromatic N) is 1. The smallest absolute Gasteiger partial charge is 0.246 e. The summed E-state index contributed by atoms with van der Waals surface area (Å²) in [6.45, 7) is 2.53.